The van der Waals surface area contributed by atoms with E-state index in [0.717, 1.165) is 45.0 Å². The molecule has 1 aromatic carbocycles. The molecule has 0 aliphatic carbocycles. The molecule has 1 unspecified atom stereocenters. The van der Waals surface area contributed by atoms with Crippen molar-refractivity contribution in [2.75, 3.05) is 44.7 Å². The van der Waals surface area contributed by atoms with E-state index in [2.05, 4.69) is 28.9 Å². The summed E-state index contributed by atoms with van der Waals surface area (Å²) in [6.07, 6.45) is 4.41. The van der Waals surface area contributed by atoms with Gasteiger partial charge < -0.3 is 14.8 Å². The molecule has 0 bridgehead atoms. The van der Waals surface area contributed by atoms with Crippen LogP contribution in [-0.4, -0.2) is 50.4 Å². The number of para-hydroxylation sites is 1. The monoisotopic (exact) mass is 288 g/mol. The minimum absolute atomic E-state index is 0.137. The molecule has 4 heteroatoms. The maximum atomic E-state index is 6.03. The first kappa shape index (κ1) is 14.4. The van der Waals surface area contributed by atoms with E-state index >= 15 is 0 Å². The lowest BCUT2D eigenvalue weighted by Crippen LogP contribution is -2.44. The highest BCUT2D eigenvalue weighted by Crippen LogP contribution is 2.32. The molecule has 2 aliphatic rings. The molecule has 0 spiro atoms. The standard InChI is InChI=1S/C17H24N2O2/c1-2-9-19-10-11-20-15(12-19)13-21-16-7-3-5-14-6-4-8-18-17(14)16/h2-3,5,7,15,18H,1,4,6,8-13H2. The third-order valence-electron chi connectivity index (χ3n) is 4.07. The van der Waals surface area contributed by atoms with Crippen molar-refractivity contribution in [2.24, 2.45) is 0 Å². The summed E-state index contributed by atoms with van der Waals surface area (Å²) in [5.41, 5.74) is 2.53. The largest absolute Gasteiger partial charge is 0.489 e. The van der Waals surface area contributed by atoms with Crippen molar-refractivity contribution in [3.8, 4) is 5.75 Å². The Bertz CT molecular complexity index is 490. The van der Waals surface area contributed by atoms with Crippen molar-refractivity contribution in [1.82, 2.24) is 4.90 Å². The van der Waals surface area contributed by atoms with E-state index < -0.39 is 0 Å². The zero-order valence-corrected chi connectivity index (χ0v) is 12.5. The second-order valence-corrected chi connectivity index (χ2v) is 5.67. The topological polar surface area (TPSA) is 33.7 Å². The van der Waals surface area contributed by atoms with E-state index in [9.17, 15) is 0 Å². The number of rotatable bonds is 5. The van der Waals surface area contributed by atoms with Crippen molar-refractivity contribution in [1.29, 1.82) is 0 Å². The van der Waals surface area contributed by atoms with Gasteiger partial charge in [0.2, 0.25) is 0 Å². The smallest absolute Gasteiger partial charge is 0.142 e. The molecule has 21 heavy (non-hydrogen) atoms. The van der Waals surface area contributed by atoms with Gasteiger partial charge in [0.1, 0.15) is 18.5 Å². The highest BCUT2D eigenvalue weighted by atomic mass is 16.5. The van der Waals surface area contributed by atoms with E-state index in [4.69, 9.17) is 9.47 Å². The maximum Gasteiger partial charge on any atom is 0.142 e. The Morgan fingerprint density at radius 1 is 1.48 bits per heavy atom. The van der Waals surface area contributed by atoms with Gasteiger partial charge in [0.25, 0.3) is 0 Å². The number of hydrogen-bond acceptors (Lipinski definition) is 4. The molecule has 4 nitrogen and oxygen atoms in total. The number of ether oxygens (including phenoxy) is 2. The van der Waals surface area contributed by atoms with E-state index in [1.54, 1.807) is 0 Å². The van der Waals surface area contributed by atoms with Crippen molar-refractivity contribution >= 4 is 5.69 Å². The first-order chi connectivity index (χ1) is 10.4. The number of anilines is 1. The van der Waals surface area contributed by atoms with Gasteiger partial charge in [0.15, 0.2) is 0 Å². The summed E-state index contributed by atoms with van der Waals surface area (Å²) < 4.78 is 11.8. The molecule has 0 amide bonds. The fourth-order valence-corrected chi connectivity index (χ4v) is 3.01. The summed E-state index contributed by atoms with van der Waals surface area (Å²) in [6, 6.07) is 6.30. The fourth-order valence-electron chi connectivity index (χ4n) is 3.01. The predicted octanol–water partition coefficient (Wildman–Crippen LogP) is 2.31. The molecule has 0 radical (unpaired) electrons. The van der Waals surface area contributed by atoms with Crippen molar-refractivity contribution in [3.05, 3.63) is 36.4 Å². The molecule has 1 atom stereocenters. The maximum absolute atomic E-state index is 6.03. The van der Waals surface area contributed by atoms with Crippen LogP contribution < -0.4 is 10.1 Å². The van der Waals surface area contributed by atoms with Crippen LogP contribution in [0.5, 0.6) is 5.75 Å². The van der Waals surface area contributed by atoms with E-state index in [0.29, 0.717) is 6.61 Å². The molecule has 114 valence electrons. The number of benzene rings is 1. The van der Waals surface area contributed by atoms with Gasteiger partial charge in [-0.2, -0.15) is 0 Å². The van der Waals surface area contributed by atoms with Crippen LogP contribution >= 0.6 is 0 Å². The van der Waals surface area contributed by atoms with Crippen LogP contribution in [0.2, 0.25) is 0 Å². The molecule has 1 aromatic rings. The van der Waals surface area contributed by atoms with Crippen molar-refractivity contribution in [3.63, 3.8) is 0 Å². The van der Waals surface area contributed by atoms with Gasteiger partial charge in [-0.05, 0) is 24.5 Å². The zero-order chi connectivity index (χ0) is 14.5. The van der Waals surface area contributed by atoms with Gasteiger partial charge in [0.05, 0.1) is 12.3 Å². The lowest BCUT2D eigenvalue weighted by Gasteiger charge is -2.32. The molecule has 2 heterocycles. The summed E-state index contributed by atoms with van der Waals surface area (Å²) in [4.78, 5) is 2.35. The second kappa shape index (κ2) is 6.96. The predicted molar refractivity (Wildman–Crippen MR) is 85.1 cm³/mol. The minimum Gasteiger partial charge on any atom is -0.489 e. The normalized spacial score (nSPS) is 22.2. The first-order valence-corrected chi connectivity index (χ1v) is 7.80. The summed E-state index contributed by atoms with van der Waals surface area (Å²) in [5, 5.41) is 3.46. The van der Waals surface area contributed by atoms with Gasteiger partial charge in [-0.3, -0.25) is 4.90 Å². The summed E-state index contributed by atoms with van der Waals surface area (Å²) in [6.45, 7) is 9.01. The van der Waals surface area contributed by atoms with Gasteiger partial charge in [0, 0.05) is 26.2 Å². The quantitative estimate of drug-likeness (QED) is 0.843. The molecule has 0 aromatic heterocycles. The Labute approximate surface area is 126 Å². The van der Waals surface area contributed by atoms with Gasteiger partial charge >= 0.3 is 0 Å². The third kappa shape index (κ3) is 3.57. The third-order valence-corrected chi connectivity index (χ3v) is 4.07. The van der Waals surface area contributed by atoms with E-state index in [1.165, 1.54) is 17.7 Å². The van der Waals surface area contributed by atoms with Crippen LogP contribution in [0.25, 0.3) is 0 Å². The number of hydrogen-bond donors (Lipinski definition) is 1. The lowest BCUT2D eigenvalue weighted by atomic mass is 10.0. The molecule has 1 N–H and O–H groups in total. The average Bonchev–Trinajstić information content (AvgIpc) is 2.53. The number of morpholine rings is 1. The van der Waals surface area contributed by atoms with E-state index in [-0.39, 0.29) is 6.10 Å². The van der Waals surface area contributed by atoms with Crippen LogP contribution in [0.3, 0.4) is 0 Å². The average molecular weight is 288 g/mol. The van der Waals surface area contributed by atoms with Gasteiger partial charge in [-0.25, -0.2) is 0 Å². The Hall–Kier alpha value is -1.52. The molecular weight excluding hydrogens is 264 g/mol. The van der Waals surface area contributed by atoms with Crippen LogP contribution in [-0.2, 0) is 11.2 Å². The van der Waals surface area contributed by atoms with Crippen molar-refractivity contribution < 1.29 is 9.47 Å². The second-order valence-electron chi connectivity index (χ2n) is 5.67. The molecule has 1 saturated heterocycles. The summed E-state index contributed by atoms with van der Waals surface area (Å²) in [5.74, 6) is 0.955. The molecule has 2 aliphatic heterocycles. The number of nitrogens with zero attached hydrogens (tertiary/aromatic N) is 1. The Morgan fingerprint density at radius 2 is 2.43 bits per heavy atom. The Morgan fingerprint density at radius 3 is 3.33 bits per heavy atom. The minimum atomic E-state index is 0.137. The molecule has 3 rings (SSSR count). The van der Waals surface area contributed by atoms with Crippen LogP contribution in [0.15, 0.2) is 30.9 Å². The highest BCUT2D eigenvalue weighted by Gasteiger charge is 2.21. The van der Waals surface area contributed by atoms with E-state index in [1.807, 2.05) is 12.1 Å². The molecule has 0 saturated carbocycles. The molecule has 1 fully saturated rings. The van der Waals surface area contributed by atoms with Crippen molar-refractivity contribution in [2.45, 2.75) is 18.9 Å². The first-order valence-electron chi connectivity index (χ1n) is 7.80. The summed E-state index contributed by atoms with van der Waals surface area (Å²) in [7, 11) is 0. The van der Waals surface area contributed by atoms with Crippen LogP contribution in [0, 0.1) is 0 Å². The Kier molecular flexibility index (Phi) is 4.78. The van der Waals surface area contributed by atoms with Gasteiger partial charge in [-0.15, -0.1) is 6.58 Å². The summed E-state index contributed by atoms with van der Waals surface area (Å²) >= 11 is 0. The number of aryl methyl sites for hydroxylation is 1. The fraction of sp³-hybridized carbons (Fsp3) is 0.529. The Balaban J connectivity index is 1.59. The highest BCUT2D eigenvalue weighted by molar-refractivity contribution is 5.63. The lowest BCUT2D eigenvalue weighted by molar-refractivity contribution is -0.0445. The number of nitrogens with one attached hydrogen (secondary N) is 1. The van der Waals surface area contributed by atoms with Crippen LogP contribution in [0.1, 0.15) is 12.0 Å². The molecular formula is C17H24N2O2. The van der Waals surface area contributed by atoms with Crippen LogP contribution in [0.4, 0.5) is 5.69 Å². The zero-order valence-electron chi connectivity index (χ0n) is 12.5. The SMILES string of the molecule is C=CCN1CCOC(COc2cccc3c2NCCC3)C1. The van der Waals surface area contributed by atoms with Gasteiger partial charge in [-0.1, -0.05) is 18.2 Å². The number of fused-ring (bicyclic) bond motifs is 1.